The van der Waals surface area contributed by atoms with Crippen molar-refractivity contribution in [3.8, 4) is 0 Å². The SMILES string of the molecule is CN(C(=O)CN1C(=O)N[C@](C)(c2cccc3ccccc23)C1=O)C1CCCCC1. The minimum atomic E-state index is -1.19. The third-order valence-electron chi connectivity index (χ3n) is 6.41. The van der Waals surface area contributed by atoms with E-state index in [1.54, 1.807) is 18.9 Å². The first kappa shape index (κ1) is 19.4. The van der Waals surface area contributed by atoms with Crippen molar-refractivity contribution in [2.45, 2.75) is 50.6 Å². The number of amides is 4. The highest BCUT2D eigenvalue weighted by Gasteiger charge is 2.50. The fraction of sp³-hybridized carbons (Fsp3) is 0.435. The molecule has 2 aromatic carbocycles. The van der Waals surface area contributed by atoms with E-state index < -0.39 is 11.6 Å². The molecule has 2 fully saturated rings. The summed E-state index contributed by atoms with van der Waals surface area (Å²) in [7, 11) is 1.78. The maximum atomic E-state index is 13.3. The largest absolute Gasteiger partial charge is 0.341 e. The van der Waals surface area contributed by atoms with Crippen LogP contribution in [0.4, 0.5) is 4.79 Å². The summed E-state index contributed by atoms with van der Waals surface area (Å²) in [4.78, 5) is 41.5. The zero-order valence-electron chi connectivity index (χ0n) is 17.0. The number of hydrogen-bond acceptors (Lipinski definition) is 3. The first-order chi connectivity index (χ1) is 13.9. The van der Waals surface area contributed by atoms with Crippen molar-refractivity contribution in [2.24, 2.45) is 0 Å². The summed E-state index contributed by atoms with van der Waals surface area (Å²) in [6.45, 7) is 1.49. The number of carbonyl (C=O) groups excluding carboxylic acids is 3. The first-order valence-corrected chi connectivity index (χ1v) is 10.3. The summed E-state index contributed by atoms with van der Waals surface area (Å²) in [5.41, 5.74) is -0.453. The monoisotopic (exact) mass is 393 g/mol. The predicted octanol–water partition coefficient (Wildman–Crippen LogP) is 3.40. The molecule has 0 aromatic heterocycles. The van der Waals surface area contributed by atoms with Gasteiger partial charge in [0.1, 0.15) is 12.1 Å². The molecule has 0 radical (unpaired) electrons. The molecule has 2 aliphatic rings. The van der Waals surface area contributed by atoms with Gasteiger partial charge in [-0.2, -0.15) is 0 Å². The molecule has 1 N–H and O–H groups in total. The average molecular weight is 393 g/mol. The number of fused-ring (bicyclic) bond motifs is 1. The Morgan fingerprint density at radius 1 is 1.10 bits per heavy atom. The summed E-state index contributed by atoms with van der Waals surface area (Å²) < 4.78 is 0. The molecule has 0 spiro atoms. The zero-order chi connectivity index (χ0) is 20.6. The van der Waals surface area contributed by atoms with E-state index in [1.807, 2.05) is 42.5 Å². The molecule has 2 aromatic rings. The fourth-order valence-electron chi connectivity index (χ4n) is 4.60. The molecule has 152 valence electrons. The molecule has 1 atom stereocenters. The molecule has 0 unspecified atom stereocenters. The maximum Gasteiger partial charge on any atom is 0.325 e. The number of imide groups is 1. The Labute approximate surface area is 170 Å². The van der Waals surface area contributed by atoms with Gasteiger partial charge in [0, 0.05) is 13.1 Å². The topological polar surface area (TPSA) is 69.7 Å². The smallest absolute Gasteiger partial charge is 0.325 e. The molecule has 4 rings (SSSR count). The first-order valence-electron chi connectivity index (χ1n) is 10.3. The summed E-state index contributed by atoms with van der Waals surface area (Å²) in [6, 6.07) is 13.2. The van der Waals surface area contributed by atoms with E-state index in [4.69, 9.17) is 0 Å². The van der Waals surface area contributed by atoms with Gasteiger partial charge in [0.25, 0.3) is 5.91 Å². The fourth-order valence-corrected chi connectivity index (χ4v) is 4.60. The standard InChI is InChI=1S/C23H27N3O3/c1-23(19-14-8-10-16-9-6-7-13-18(16)19)21(28)26(22(29)24-23)15-20(27)25(2)17-11-4-3-5-12-17/h6-10,13-14,17H,3-5,11-12,15H2,1-2H3,(H,24,29)/t23-/m1/s1. The molecule has 1 aliphatic carbocycles. The highest BCUT2D eigenvalue weighted by Crippen LogP contribution is 2.34. The Balaban J connectivity index is 1.57. The van der Waals surface area contributed by atoms with Gasteiger partial charge >= 0.3 is 6.03 Å². The van der Waals surface area contributed by atoms with Gasteiger partial charge in [-0.05, 0) is 36.1 Å². The van der Waals surface area contributed by atoms with Crippen LogP contribution in [0.2, 0.25) is 0 Å². The molecule has 1 saturated heterocycles. The molecular weight excluding hydrogens is 366 g/mol. The van der Waals surface area contributed by atoms with Crippen LogP contribution in [-0.4, -0.2) is 47.3 Å². The number of hydrogen-bond donors (Lipinski definition) is 1. The van der Waals surface area contributed by atoms with Crippen LogP contribution in [0.5, 0.6) is 0 Å². The van der Waals surface area contributed by atoms with Gasteiger partial charge in [-0.1, -0.05) is 61.7 Å². The van der Waals surface area contributed by atoms with E-state index in [-0.39, 0.29) is 24.4 Å². The number of benzene rings is 2. The van der Waals surface area contributed by atoms with Crippen molar-refractivity contribution < 1.29 is 14.4 Å². The third kappa shape index (κ3) is 3.37. The van der Waals surface area contributed by atoms with Crippen LogP contribution >= 0.6 is 0 Å². The average Bonchev–Trinajstić information content (AvgIpc) is 2.97. The van der Waals surface area contributed by atoms with Crippen molar-refractivity contribution in [3.63, 3.8) is 0 Å². The minimum absolute atomic E-state index is 0.192. The van der Waals surface area contributed by atoms with Crippen LogP contribution in [0.15, 0.2) is 42.5 Å². The Hall–Kier alpha value is -2.89. The summed E-state index contributed by atoms with van der Waals surface area (Å²) in [5.74, 6) is -0.577. The van der Waals surface area contributed by atoms with E-state index in [0.717, 1.165) is 46.9 Å². The Kier molecular flexibility index (Phi) is 5.03. The van der Waals surface area contributed by atoms with Gasteiger partial charge in [-0.3, -0.25) is 14.5 Å². The van der Waals surface area contributed by atoms with E-state index >= 15 is 0 Å². The number of urea groups is 1. The maximum absolute atomic E-state index is 13.3. The molecule has 1 saturated carbocycles. The van der Waals surface area contributed by atoms with Crippen molar-refractivity contribution in [2.75, 3.05) is 13.6 Å². The molecule has 4 amide bonds. The van der Waals surface area contributed by atoms with Gasteiger partial charge in [0.15, 0.2) is 0 Å². The molecule has 1 heterocycles. The van der Waals surface area contributed by atoms with Gasteiger partial charge < -0.3 is 10.2 Å². The molecule has 6 heteroatoms. The highest BCUT2D eigenvalue weighted by molar-refractivity contribution is 6.10. The summed E-state index contributed by atoms with van der Waals surface area (Å²) >= 11 is 0. The number of rotatable bonds is 4. The molecule has 1 aliphatic heterocycles. The van der Waals surface area contributed by atoms with Crippen LogP contribution < -0.4 is 5.32 Å². The lowest BCUT2D eigenvalue weighted by Gasteiger charge is -2.32. The lowest BCUT2D eigenvalue weighted by molar-refractivity contribution is -0.139. The second-order valence-corrected chi connectivity index (χ2v) is 8.27. The quantitative estimate of drug-likeness (QED) is 0.810. The Morgan fingerprint density at radius 2 is 1.79 bits per heavy atom. The number of nitrogens with zero attached hydrogens (tertiary/aromatic N) is 2. The van der Waals surface area contributed by atoms with Gasteiger partial charge in [0.2, 0.25) is 5.91 Å². The third-order valence-corrected chi connectivity index (χ3v) is 6.41. The summed E-state index contributed by atoms with van der Waals surface area (Å²) in [5, 5.41) is 4.74. The second-order valence-electron chi connectivity index (χ2n) is 8.27. The van der Waals surface area contributed by atoms with Gasteiger partial charge in [-0.25, -0.2) is 4.79 Å². The van der Waals surface area contributed by atoms with Crippen LogP contribution in [0.3, 0.4) is 0 Å². The molecule has 29 heavy (non-hydrogen) atoms. The minimum Gasteiger partial charge on any atom is -0.341 e. The van der Waals surface area contributed by atoms with Gasteiger partial charge in [0.05, 0.1) is 0 Å². The van der Waals surface area contributed by atoms with E-state index in [9.17, 15) is 14.4 Å². The van der Waals surface area contributed by atoms with E-state index in [1.165, 1.54) is 6.42 Å². The van der Waals surface area contributed by atoms with Crippen LogP contribution in [0.1, 0.15) is 44.6 Å². The lowest BCUT2D eigenvalue weighted by Crippen LogP contribution is -2.46. The highest BCUT2D eigenvalue weighted by atomic mass is 16.2. The van der Waals surface area contributed by atoms with Crippen molar-refractivity contribution in [1.29, 1.82) is 0 Å². The van der Waals surface area contributed by atoms with Crippen molar-refractivity contribution in [1.82, 2.24) is 15.1 Å². The molecular formula is C23H27N3O3. The molecule has 0 bridgehead atoms. The molecule has 6 nitrogen and oxygen atoms in total. The normalized spacial score (nSPS) is 22.8. The zero-order valence-corrected chi connectivity index (χ0v) is 17.0. The second kappa shape index (κ2) is 7.50. The number of carbonyl (C=O) groups is 3. The number of likely N-dealkylation sites (N-methyl/N-ethyl adjacent to an activating group) is 1. The van der Waals surface area contributed by atoms with Crippen LogP contribution in [0, 0.1) is 0 Å². The van der Waals surface area contributed by atoms with E-state index in [2.05, 4.69) is 5.32 Å². The van der Waals surface area contributed by atoms with Crippen LogP contribution in [0.25, 0.3) is 10.8 Å². The predicted molar refractivity (Wildman–Crippen MR) is 111 cm³/mol. The number of nitrogens with one attached hydrogen (secondary N) is 1. The van der Waals surface area contributed by atoms with Crippen molar-refractivity contribution in [3.05, 3.63) is 48.0 Å². The van der Waals surface area contributed by atoms with E-state index in [0.29, 0.717) is 0 Å². The van der Waals surface area contributed by atoms with Gasteiger partial charge in [-0.15, -0.1) is 0 Å². The van der Waals surface area contributed by atoms with Crippen molar-refractivity contribution >= 4 is 28.6 Å². The summed E-state index contributed by atoms with van der Waals surface area (Å²) in [6.07, 6.45) is 5.40. The lowest BCUT2D eigenvalue weighted by atomic mass is 9.88. The van der Waals surface area contributed by atoms with Crippen LogP contribution in [-0.2, 0) is 15.1 Å². The Morgan fingerprint density at radius 3 is 2.55 bits per heavy atom. The Bertz CT molecular complexity index is 961.